The SMILES string of the molecule is Cc1cocc1C(=O)Nc1cccc(-c2ccc(S(C)(=O)=O)cc2)n1. The molecule has 128 valence electrons. The van der Waals surface area contributed by atoms with Crippen LogP contribution in [0.15, 0.2) is 64.3 Å². The molecule has 2 heterocycles. The van der Waals surface area contributed by atoms with E-state index in [4.69, 9.17) is 4.42 Å². The van der Waals surface area contributed by atoms with Crippen LogP contribution < -0.4 is 5.32 Å². The molecule has 3 rings (SSSR count). The maximum Gasteiger partial charge on any atom is 0.260 e. The van der Waals surface area contributed by atoms with Crippen LogP contribution in [0, 0.1) is 6.92 Å². The highest BCUT2D eigenvalue weighted by Gasteiger charge is 2.12. The molecule has 0 fully saturated rings. The van der Waals surface area contributed by atoms with Crippen LogP contribution in [0.1, 0.15) is 15.9 Å². The Labute approximate surface area is 145 Å². The number of anilines is 1. The topological polar surface area (TPSA) is 89.3 Å². The summed E-state index contributed by atoms with van der Waals surface area (Å²) in [4.78, 5) is 16.9. The summed E-state index contributed by atoms with van der Waals surface area (Å²) in [6.07, 6.45) is 4.05. The molecule has 0 radical (unpaired) electrons. The molecule has 0 spiro atoms. The van der Waals surface area contributed by atoms with Gasteiger partial charge >= 0.3 is 0 Å². The van der Waals surface area contributed by atoms with E-state index in [1.54, 1.807) is 37.3 Å². The van der Waals surface area contributed by atoms with E-state index in [1.165, 1.54) is 24.7 Å². The van der Waals surface area contributed by atoms with E-state index < -0.39 is 9.84 Å². The second-order valence-corrected chi connectivity index (χ2v) is 7.64. The Hall–Kier alpha value is -2.93. The molecule has 0 aliphatic carbocycles. The zero-order valence-electron chi connectivity index (χ0n) is 13.7. The smallest absolute Gasteiger partial charge is 0.260 e. The van der Waals surface area contributed by atoms with Crippen molar-refractivity contribution in [1.29, 1.82) is 0 Å². The molecule has 0 unspecified atom stereocenters. The van der Waals surface area contributed by atoms with Gasteiger partial charge in [0.2, 0.25) is 0 Å². The van der Waals surface area contributed by atoms with Crippen LogP contribution in [0.25, 0.3) is 11.3 Å². The van der Waals surface area contributed by atoms with E-state index in [2.05, 4.69) is 10.3 Å². The molecular weight excluding hydrogens is 340 g/mol. The van der Waals surface area contributed by atoms with Crippen LogP contribution in [0.4, 0.5) is 5.82 Å². The van der Waals surface area contributed by atoms with Gasteiger partial charge in [0.25, 0.3) is 5.91 Å². The predicted octanol–water partition coefficient (Wildman–Crippen LogP) is 3.31. The highest BCUT2D eigenvalue weighted by molar-refractivity contribution is 7.90. The summed E-state index contributed by atoms with van der Waals surface area (Å²) < 4.78 is 28.1. The van der Waals surface area contributed by atoms with Gasteiger partial charge in [0.05, 0.1) is 22.4 Å². The lowest BCUT2D eigenvalue weighted by Crippen LogP contribution is -2.13. The normalized spacial score (nSPS) is 11.3. The Morgan fingerprint density at radius 2 is 1.80 bits per heavy atom. The quantitative estimate of drug-likeness (QED) is 0.775. The molecule has 0 aliphatic heterocycles. The Morgan fingerprint density at radius 1 is 1.08 bits per heavy atom. The van der Waals surface area contributed by atoms with Gasteiger partial charge in [0, 0.05) is 11.8 Å². The van der Waals surface area contributed by atoms with E-state index in [9.17, 15) is 13.2 Å². The van der Waals surface area contributed by atoms with Gasteiger partial charge in [0.15, 0.2) is 9.84 Å². The third-order valence-corrected chi connectivity index (χ3v) is 4.80. The summed E-state index contributed by atoms with van der Waals surface area (Å²) in [6.45, 7) is 1.78. The number of hydrogen-bond acceptors (Lipinski definition) is 5. The predicted molar refractivity (Wildman–Crippen MR) is 94.2 cm³/mol. The van der Waals surface area contributed by atoms with Gasteiger partial charge in [-0.3, -0.25) is 4.79 Å². The first-order valence-corrected chi connectivity index (χ1v) is 9.35. The average molecular weight is 356 g/mol. The summed E-state index contributed by atoms with van der Waals surface area (Å²) in [5.41, 5.74) is 2.57. The number of carbonyl (C=O) groups excluding carboxylic acids is 1. The monoisotopic (exact) mass is 356 g/mol. The summed E-state index contributed by atoms with van der Waals surface area (Å²) >= 11 is 0. The molecule has 0 saturated carbocycles. The molecule has 0 atom stereocenters. The first-order chi connectivity index (χ1) is 11.8. The van der Waals surface area contributed by atoms with E-state index in [1.807, 2.05) is 0 Å². The number of hydrogen-bond donors (Lipinski definition) is 1. The third-order valence-electron chi connectivity index (χ3n) is 3.67. The van der Waals surface area contributed by atoms with Crippen LogP contribution in [0.2, 0.25) is 0 Å². The lowest BCUT2D eigenvalue weighted by Gasteiger charge is -2.07. The summed E-state index contributed by atoms with van der Waals surface area (Å²) in [7, 11) is -3.24. The molecule has 1 N–H and O–H groups in total. The number of aryl methyl sites for hydroxylation is 1. The molecule has 7 heteroatoms. The van der Waals surface area contributed by atoms with Gasteiger partial charge < -0.3 is 9.73 Å². The minimum absolute atomic E-state index is 0.246. The van der Waals surface area contributed by atoms with E-state index in [0.717, 1.165) is 17.4 Å². The number of aromatic nitrogens is 1. The fourth-order valence-electron chi connectivity index (χ4n) is 2.31. The van der Waals surface area contributed by atoms with Crippen molar-refractivity contribution in [1.82, 2.24) is 4.98 Å². The number of benzene rings is 1. The number of furan rings is 1. The number of rotatable bonds is 4. The van der Waals surface area contributed by atoms with Gasteiger partial charge in [0.1, 0.15) is 12.1 Å². The standard InChI is InChI=1S/C18H16N2O4S/c1-12-10-24-11-15(12)18(21)20-17-5-3-4-16(19-17)13-6-8-14(9-7-13)25(2,22)23/h3-11H,1-2H3,(H,19,20,21). The van der Waals surface area contributed by atoms with Crippen molar-refractivity contribution in [2.75, 3.05) is 11.6 Å². The molecule has 3 aromatic rings. The zero-order valence-corrected chi connectivity index (χ0v) is 14.5. The van der Waals surface area contributed by atoms with Crippen molar-refractivity contribution in [2.45, 2.75) is 11.8 Å². The maximum atomic E-state index is 12.2. The summed E-state index contributed by atoms with van der Waals surface area (Å²) in [5.74, 6) is 0.0959. The fraction of sp³-hybridized carbons (Fsp3) is 0.111. The van der Waals surface area contributed by atoms with Crippen LogP contribution in [-0.2, 0) is 9.84 Å². The number of amides is 1. The Kier molecular flexibility index (Phi) is 4.41. The number of pyridine rings is 1. The van der Waals surface area contributed by atoms with Crippen molar-refractivity contribution in [3.05, 3.63) is 66.1 Å². The van der Waals surface area contributed by atoms with Crippen LogP contribution in [-0.4, -0.2) is 25.6 Å². The molecule has 1 aromatic carbocycles. The Morgan fingerprint density at radius 3 is 2.40 bits per heavy atom. The minimum atomic E-state index is -3.24. The summed E-state index contributed by atoms with van der Waals surface area (Å²) in [5, 5.41) is 2.73. The number of nitrogens with one attached hydrogen (secondary N) is 1. The number of sulfone groups is 1. The van der Waals surface area contributed by atoms with E-state index in [0.29, 0.717) is 17.1 Å². The van der Waals surface area contributed by atoms with Gasteiger partial charge in [-0.1, -0.05) is 18.2 Å². The zero-order chi connectivity index (χ0) is 18.0. The first kappa shape index (κ1) is 16.9. The largest absolute Gasteiger partial charge is 0.471 e. The number of carbonyl (C=O) groups is 1. The van der Waals surface area contributed by atoms with Crippen molar-refractivity contribution in [3.63, 3.8) is 0 Å². The maximum absolute atomic E-state index is 12.2. The number of nitrogens with zero attached hydrogens (tertiary/aromatic N) is 1. The highest BCUT2D eigenvalue weighted by Crippen LogP contribution is 2.21. The molecule has 6 nitrogen and oxygen atoms in total. The van der Waals surface area contributed by atoms with Crippen LogP contribution in [0.3, 0.4) is 0 Å². The second-order valence-electron chi connectivity index (χ2n) is 5.63. The lowest BCUT2D eigenvalue weighted by atomic mass is 10.1. The molecule has 25 heavy (non-hydrogen) atoms. The van der Waals surface area contributed by atoms with Crippen molar-refractivity contribution in [3.8, 4) is 11.3 Å². The van der Waals surface area contributed by atoms with Gasteiger partial charge in [-0.05, 0) is 36.8 Å². The molecule has 0 bridgehead atoms. The Balaban J connectivity index is 1.84. The first-order valence-electron chi connectivity index (χ1n) is 7.46. The summed E-state index contributed by atoms with van der Waals surface area (Å²) in [6, 6.07) is 11.7. The average Bonchev–Trinajstić information content (AvgIpc) is 3.01. The van der Waals surface area contributed by atoms with Crippen molar-refractivity contribution < 1.29 is 17.6 Å². The molecule has 0 aliphatic rings. The van der Waals surface area contributed by atoms with Gasteiger partial charge in [-0.25, -0.2) is 13.4 Å². The molecule has 0 saturated heterocycles. The molecule has 2 aromatic heterocycles. The van der Waals surface area contributed by atoms with Crippen LogP contribution in [0.5, 0.6) is 0 Å². The third kappa shape index (κ3) is 3.77. The highest BCUT2D eigenvalue weighted by atomic mass is 32.2. The lowest BCUT2D eigenvalue weighted by molar-refractivity contribution is 0.102. The molecular formula is C18H16N2O4S. The van der Waals surface area contributed by atoms with E-state index >= 15 is 0 Å². The molecule has 1 amide bonds. The van der Waals surface area contributed by atoms with Gasteiger partial charge in [-0.15, -0.1) is 0 Å². The minimum Gasteiger partial charge on any atom is -0.471 e. The van der Waals surface area contributed by atoms with Crippen molar-refractivity contribution in [2.24, 2.45) is 0 Å². The van der Waals surface area contributed by atoms with Crippen LogP contribution >= 0.6 is 0 Å². The van der Waals surface area contributed by atoms with Crippen molar-refractivity contribution >= 4 is 21.6 Å². The second kappa shape index (κ2) is 6.52. The Bertz CT molecular complexity index is 1020. The van der Waals surface area contributed by atoms with Gasteiger partial charge in [-0.2, -0.15) is 0 Å². The fourth-order valence-corrected chi connectivity index (χ4v) is 2.95. The van der Waals surface area contributed by atoms with E-state index in [-0.39, 0.29) is 10.8 Å².